The van der Waals surface area contributed by atoms with E-state index in [-0.39, 0.29) is 0 Å². The van der Waals surface area contributed by atoms with Gasteiger partial charge in [0, 0.05) is 12.3 Å². The van der Waals surface area contributed by atoms with Gasteiger partial charge in [-0.3, -0.25) is 4.79 Å². The number of unbranched alkanes of at least 4 members (excludes halogenated alkanes) is 5. The van der Waals surface area contributed by atoms with Crippen LogP contribution in [0.15, 0.2) is 0 Å². The van der Waals surface area contributed by atoms with Gasteiger partial charge >= 0.3 is 0 Å². The monoisotopic (exact) mass is 226 g/mol. The lowest BCUT2D eigenvalue weighted by Crippen LogP contribution is -2.13. The van der Waals surface area contributed by atoms with Crippen LogP contribution in [0, 0.1) is 5.92 Å². The third kappa shape index (κ3) is 7.90. The van der Waals surface area contributed by atoms with Crippen molar-refractivity contribution in [3.63, 3.8) is 0 Å². The molecule has 0 amide bonds. The van der Waals surface area contributed by atoms with E-state index in [0.29, 0.717) is 11.7 Å². The van der Waals surface area contributed by atoms with Crippen LogP contribution in [0.3, 0.4) is 0 Å². The van der Waals surface area contributed by atoms with Crippen LogP contribution in [0.5, 0.6) is 0 Å². The molecule has 0 rings (SSSR count). The highest BCUT2D eigenvalue weighted by Crippen LogP contribution is 2.17. The molecule has 0 spiro atoms. The van der Waals surface area contributed by atoms with Crippen molar-refractivity contribution in [1.29, 1.82) is 0 Å². The Morgan fingerprint density at radius 3 is 2.06 bits per heavy atom. The molecule has 0 radical (unpaired) electrons. The molecule has 16 heavy (non-hydrogen) atoms. The molecule has 0 aromatic rings. The minimum absolute atomic E-state index is 0.353. The van der Waals surface area contributed by atoms with Crippen molar-refractivity contribution in [3.8, 4) is 0 Å². The molecule has 0 aromatic heterocycles. The molecule has 0 N–H and O–H groups in total. The number of hydrogen-bond donors (Lipinski definition) is 0. The highest BCUT2D eigenvalue weighted by atomic mass is 16.1. The number of Topliss-reactive ketones (excluding diaryl/α,β-unsaturated/α-hetero) is 1. The van der Waals surface area contributed by atoms with E-state index < -0.39 is 0 Å². The van der Waals surface area contributed by atoms with Crippen LogP contribution >= 0.6 is 0 Å². The molecule has 0 saturated carbocycles. The number of carbonyl (C=O) groups is 1. The first kappa shape index (κ1) is 15.7. The Bertz CT molecular complexity index is 163. The summed E-state index contributed by atoms with van der Waals surface area (Å²) in [6.07, 6.45) is 11.9. The molecule has 0 aliphatic heterocycles. The Kier molecular flexibility index (Phi) is 10.9. The molecule has 1 atom stereocenters. The third-order valence-corrected chi connectivity index (χ3v) is 3.35. The van der Waals surface area contributed by atoms with E-state index in [2.05, 4.69) is 20.8 Å². The molecule has 0 aliphatic rings. The highest BCUT2D eigenvalue weighted by Gasteiger charge is 2.14. The summed E-state index contributed by atoms with van der Waals surface area (Å²) in [5.74, 6) is 0.852. The molecular formula is C15H30O. The molecule has 0 bridgehead atoms. The number of carbonyl (C=O) groups excluding carboxylic acids is 1. The van der Waals surface area contributed by atoms with E-state index in [1.165, 1.54) is 38.5 Å². The number of rotatable bonds is 11. The summed E-state index contributed by atoms with van der Waals surface area (Å²) in [4.78, 5) is 11.7. The zero-order chi connectivity index (χ0) is 12.2. The molecule has 0 aromatic carbocycles. The summed E-state index contributed by atoms with van der Waals surface area (Å²) in [5.41, 5.74) is 0. The van der Waals surface area contributed by atoms with Crippen molar-refractivity contribution in [3.05, 3.63) is 0 Å². The van der Waals surface area contributed by atoms with Crippen molar-refractivity contribution >= 4 is 5.78 Å². The smallest absolute Gasteiger partial charge is 0.135 e. The topological polar surface area (TPSA) is 17.1 Å². The first-order chi connectivity index (χ1) is 7.76. The van der Waals surface area contributed by atoms with Gasteiger partial charge in [-0.15, -0.1) is 0 Å². The molecular weight excluding hydrogens is 196 g/mol. The summed E-state index contributed by atoms with van der Waals surface area (Å²) in [5, 5.41) is 0. The first-order valence-electron chi connectivity index (χ1n) is 7.28. The summed E-state index contributed by atoms with van der Waals surface area (Å²) in [6.45, 7) is 6.49. The summed E-state index contributed by atoms with van der Waals surface area (Å²) in [7, 11) is 0. The van der Waals surface area contributed by atoms with Crippen LogP contribution in [0.1, 0.15) is 85.0 Å². The van der Waals surface area contributed by atoms with E-state index in [0.717, 1.165) is 25.7 Å². The SMILES string of the molecule is CCCCCCCCC(CC)C(=O)CCC. The van der Waals surface area contributed by atoms with Gasteiger partial charge < -0.3 is 0 Å². The van der Waals surface area contributed by atoms with Gasteiger partial charge in [0.2, 0.25) is 0 Å². The fourth-order valence-corrected chi connectivity index (χ4v) is 2.21. The minimum Gasteiger partial charge on any atom is -0.299 e. The second-order valence-corrected chi connectivity index (χ2v) is 4.88. The largest absolute Gasteiger partial charge is 0.299 e. The van der Waals surface area contributed by atoms with Gasteiger partial charge in [-0.2, -0.15) is 0 Å². The highest BCUT2D eigenvalue weighted by molar-refractivity contribution is 5.80. The average molecular weight is 226 g/mol. The van der Waals surface area contributed by atoms with E-state index in [4.69, 9.17) is 0 Å². The maximum atomic E-state index is 11.7. The van der Waals surface area contributed by atoms with E-state index in [1.807, 2.05) is 0 Å². The van der Waals surface area contributed by atoms with Gasteiger partial charge in [-0.25, -0.2) is 0 Å². The van der Waals surface area contributed by atoms with Gasteiger partial charge in [0.25, 0.3) is 0 Å². The van der Waals surface area contributed by atoms with Gasteiger partial charge in [-0.1, -0.05) is 59.3 Å². The van der Waals surface area contributed by atoms with Crippen molar-refractivity contribution in [2.75, 3.05) is 0 Å². The quantitative estimate of drug-likeness (QED) is 0.446. The predicted molar refractivity (Wildman–Crippen MR) is 71.7 cm³/mol. The van der Waals surface area contributed by atoms with Crippen molar-refractivity contribution < 1.29 is 4.79 Å². The lowest BCUT2D eigenvalue weighted by atomic mass is 9.92. The molecule has 96 valence electrons. The van der Waals surface area contributed by atoms with Crippen LogP contribution in [0.25, 0.3) is 0 Å². The van der Waals surface area contributed by atoms with Crippen molar-refractivity contribution in [2.24, 2.45) is 5.92 Å². The molecule has 0 heterocycles. The van der Waals surface area contributed by atoms with Crippen LogP contribution in [0.2, 0.25) is 0 Å². The zero-order valence-corrected chi connectivity index (χ0v) is 11.6. The van der Waals surface area contributed by atoms with Gasteiger partial charge in [0.05, 0.1) is 0 Å². The standard InChI is InChI=1S/C15H30O/c1-4-7-8-9-10-11-13-14(6-3)15(16)12-5-2/h14H,4-13H2,1-3H3. The number of ketones is 1. The fraction of sp³-hybridized carbons (Fsp3) is 0.933. The van der Waals surface area contributed by atoms with Crippen LogP contribution < -0.4 is 0 Å². The summed E-state index contributed by atoms with van der Waals surface area (Å²) < 4.78 is 0. The minimum atomic E-state index is 0.353. The lowest BCUT2D eigenvalue weighted by molar-refractivity contribution is -0.123. The van der Waals surface area contributed by atoms with Crippen LogP contribution in [-0.2, 0) is 4.79 Å². The Hall–Kier alpha value is -0.330. The van der Waals surface area contributed by atoms with Gasteiger partial charge in [0.1, 0.15) is 5.78 Å². The lowest BCUT2D eigenvalue weighted by Gasteiger charge is -2.12. The van der Waals surface area contributed by atoms with Crippen molar-refractivity contribution in [2.45, 2.75) is 85.0 Å². The summed E-state index contributed by atoms with van der Waals surface area (Å²) >= 11 is 0. The molecule has 1 unspecified atom stereocenters. The normalized spacial score (nSPS) is 12.7. The molecule has 0 saturated heterocycles. The molecule has 1 heteroatoms. The maximum Gasteiger partial charge on any atom is 0.135 e. The Morgan fingerprint density at radius 2 is 1.50 bits per heavy atom. The van der Waals surface area contributed by atoms with E-state index >= 15 is 0 Å². The molecule has 0 aliphatic carbocycles. The van der Waals surface area contributed by atoms with Crippen molar-refractivity contribution in [1.82, 2.24) is 0 Å². The van der Waals surface area contributed by atoms with Crippen LogP contribution in [-0.4, -0.2) is 5.78 Å². The molecule has 1 nitrogen and oxygen atoms in total. The van der Waals surface area contributed by atoms with E-state index in [1.54, 1.807) is 0 Å². The fourth-order valence-electron chi connectivity index (χ4n) is 2.21. The summed E-state index contributed by atoms with van der Waals surface area (Å²) in [6, 6.07) is 0. The van der Waals surface area contributed by atoms with Gasteiger partial charge in [0.15, 0.2) is 0 Å². The van der Waals surface area contributed by atoms with Crippen LogP contribution in [0.4, 0.5) is 0 Å². The molecule has 0 fully saturated rings. The van der Waals surface area contributed by atoms with E-state index in [9.17, 15) is 4.79 Å². The second-order valence-electron chi connectivity index (χ2n) is 4.88. The Balaban J connectivity index is 3.51. The maximum absolute atomic E-state index is 11.7. The first-order valence-corrected chi connectivity index (χ1v) is 7.28. The zero-order valence-electron chi connectivity index (χ0n) is 11.6. The second kappa shape index (κ2) is 11.2. The predicted octanol–water partition coefficient (Wildman–Crippen LogP) is 5.13. The number of hydrogen-bond acceptors (Lipinski definition) is 1. The average Bonchev–Trinajstić information content (AvgIpc) is 2.28. The van der Waals surface area contributed by atoms with Gasteiger partial charge in [-0.05, 0) is 19.3 Å². The Morgan fingerprint density at radius 1 is 0.875 bits per heavy atom. The third-order valence-electron chi connectivity index (χ3n) is 3.35. The Labute approximate surface area is 102 Å².